The molecular formula is C51H72N4O5. The SMILES string of the molecule is CC1(C)C(C(=O)O)CC1C(=O)O[C@H]1CC[C@]2(C)[C@H]3CC[C@@H]4[C@H]5[C@H](C6(C)CC6)CC[C@]5(C(=O)N5CCCC5c5ncc(-c6cccnc6)[nH]5)CC[C@@]4(C)[C@]3(C)CC[C@H]2C1(C)C. The standard InChI is InChI=1S/C51H72N4O5/c1-45(2)33(42(56)57)27-34(45)43(58)60-39-17-18-48(6)37(46(39,3)4)16-19-50(8)38(48)14-13-32-40-31(47(5)21-22-47)15-20-51(40,24-23-49(32,50)7)44(59)55-26-10-12-36(55)41-53-29-35(54-41)30-11-9-25-52-28-30/h9,11,25,28-29,31-34,36-40H,10,12-24,26-27H2,1-8H3,(H,53,54)(H,56,57)/t31-,32-,33?,34?,36?,37+,38-,39+,40-,48+,49-,50-,51+/m1/s1. The number of aromatic amines is 1. The van der Waals surface area contributed by atoms with Crippen LogP contribution in [0.25, 0.3) is 11.3 Å². The Hall–Kier alpha value is -3.23. The molecule has 326 valence electrons. The van der Waals surface area contributed by atoms with Crippen molar-refractivity contribution < 1.29 is 24.2 Å². The number of carbonyl (C=O) groups is 3. The molecule has 0 spiro atoms. The van der Waals surface area contributed by atoms with Gasteiger partial charge in [-0.1, -0.05) is 55.4 Å². The highest BCUT2D eigenvalue weighted by Crippen LogP contribution is 2.79. The van der Waals surface area contributed by atoms with Gasteiger partial charge in [0.15, 0.2) is 0 Å². The van der Waals surface area contributed by atoms with Crippen molar-refractivity contribution in [3.05, 3.63) is 36.5 Å². The number of hydrogen-bond acceptors (Lipinski definition) is 6. The third-order valence-corrected chi connectivity index (χ3v) is 21.2. The van der Waals surface area contributed by atoms with Crippen molar-refractivity contribution in [3.8, 4) is 11.3 Å². The molecule has 0 radical (unpaired) electrons. The van der Waals surface area contributed by atoms with E-state index in [4.69, 9.17) is 9.72 Å². The van der Waals surface area contributed by atoms with Crippen molar-refractivity contribution in [2.45, 2.75) is 164 Å². The molecule has 8 fully saturated rings. The first-order valence-corrected chi connectivity index (χ1v) is 24.0. The Balaban J connectivity index is 0.915. The number of hydrogen-bond donors (Lipinski definition) is 2. The maximum atomic E-state index is 15.7. The average molecular weight is 821 g/mol. The Labute approximate surface area is 358 Å². The molecule has 1 saturated heterocycles. The quantitative estimate of drug-likeness (QED) is 0.266. The number of carboxylic acid groups (broad SMARTS) is 1. The van der Waals surface area contributed by atoms with Crippen LogP contribution in [-0.4, -0.2) is 55.5 Å². The molecule has 8 aliphatic rings. The van der Waals surface area contributed by atoms with E-state index in [-0.39, 0.29) is 51.1 Å². The number of nitrogens with zero attached hydrogens (tertiary/aromatic N) is 3. The molecule has 9 heteroatoms. The Kier molecular flexibility index (Phi) is 9.11. The summed E-state index contributed by atoms with van der Waals surface area (Å²) in [7, 11) is 0. The molecular weight excluding hydrogens is 749 g/mol. The number of likely N-dealkylation sites (tertiary alicyclic amines) is 1. The van der Waals surface area contributed by atoms with E-state index in [0.29, 0.717) is 47.3 Å². The number of rotatable bonds is 7. The predicted molar refractivity (Wildman–Crippen MR) is 230 cm³/mol. The highest BCUT2D eigenvalue weighted by Gasteiger charge is 2.74. The molecule has 7 aliphatic carbocycles. The normalized spacial score (nSPS) is 44.3. The number of imidazole rings is 1. The molecule has 2 N–H and O–H groups in total. The summed E-state index contributed by atoms with van der Waals surface area (Å²) in [5.41, 5.74) is 1.74. The third kappa shape index (κ3) is 5.49. The van der Waals surface area contributed by atoms with Crippen LogP contribution in [0.3, 0.4) is 0 Å². The molecule has 10 rings (SSSR count). The first-order chi connectivity index (χ1) is 28.3. The van der Waals surface area contributed by atoms with Crippen LogP contribution in [0.15, 0.2) is 30.7 Å². The number of fused-ring (bicyclic) bond motifs is 7. The summed E-state index contributed by atoms with van der Waals surface area (Å²) in [4.78, 5) is 56.4. The number of aliphatic carboxylic acids is 1. The summed E-state index contributed by atoms with van der Waals surface area (Å²) in [6, 6.07) is 4.01. The molecule has 0 aromatic carbocycles. The lowest BCUT2D eigenvalue weighted by Gasteiger charge is -2.73. The maximum Gasteiger partial charge on any atom is 0.309 e. The Morgan fingerprint density at radius 2 is 1.57 bits per heavy atom. The molecule has 7 saturated carbocycles. The monoisotopic (exact) mass is 821 g/mol. The number of esters is 1. The van der Waals surface area contributed by atoms with Gasteiger partial charge >= 0.3 is 11.9 Å². The summed E-state index contributed by atoms with van der Waals surface area (Å²) >= 11 is 0. The molecule has 0 bridgehead atoms. The molecule has 2 aromatic rings. The molecule has 60 heavy (non-hydrogen) atoms. The van der Waals surface area contributed by atoms with E-state index in [9.17, 15) is 14.7 Å². The lowest BCUT2D eigenvalue weighted by Crippen LogP contribution is -2.67. The van der Waals surface area contributed by atoms with Gasteiger partial charge in [-0.15, -0.1) is 0 Å². The van der Waals surface area contributed by atoms with Crippen molar-refractivity contribution in [3.63, 3.8) is 0 Å². The molecule has 13 atom stereocenters. The lowest BCUT2D eigenvalue weighted by molar-refractivity contribution is -0.253. The number of ether oxygens (including phenoxy) is 1. The van der Waals surface area contributed by atoms with Crippen molar-refractivity contribution >= 4 is 17.8 Å². The fourth-order valence-corrected chi connectivity index (χ4v) is 17.2. The smallest absolute Gasteiger partial charge is 0.309 e. The summed E-state index contributed by atoms with van der Waals surface area (Å²) in [5.74, 6) is 2.08. The largest absolute Gasteiger partial charge is 0.481 e. The van der Waals surface area contributed by atoms with Gasteiger partial charge in [-0.2, -0.15) is 0 Å². The highest BCUT2D eigenvalue weighted by molar-refractivity contribution is 5.85. The van der Waals surface area contributed by atoms with Gasteiger partial charge in [0.1, 0.15) is 11.9 Å². The Bertz CT molecular complexity index is 2060. The van der Waals surface area contributed by atoms with E-state index in [2.05, 4.69) is 62.5 Å². The fourth-order valence-electron chi connectivity index (χ4n) is 17.2. The van der Waals surface area contributed by atoms with Crippen LogP contribution < -0.4 is 0 Å². The van der Waals surface area contributed by atoms with Crippen LogP contribution in [-0.2, 0) is 19.1 Å². The van der Waals surface area contributed by atoms with Crippen LogP contribution in [0.4, 0.5) is 0 Å². The molecule has 9 nitrogen and oxygen atoms in total. The van der Waals surface area contributed by atoms with Gasteiger partial charge < -0.3 is 19.7 Å². The third-order valence-electron chi connectivity index (χ3n) is 21.2. The van der Waals surface area contributed by atoms with E-state index in [1.54, 1.807) is 6.20 Å². The van der Waals surface area contributed by atoms with E-state index < -0.39 is 17.3 Å². The van der Waals surface area contributed by atoms with Crippen molar-refractivity contribution in [2.24, 2.45) is 79.3 Å². The van der Waals surface area contributed by atoms with Crippen molar-refractivity contribution in [2.75, 3.05) is 6.54 Å². The summed E-state index contributed by atoms with van der Waals surface area (Å²) in [6.07, 6.45) is 21.4. The fraction of sp³-hybridized carbons (Fsp3) is 0.784. The van der Waals surface area contributed by atoms with Gasteiger partial charge in [-0.25, -0.2) is 4.98 Å². The number of carboxylic acids is 1. The van der Waals surface area contributed by atoms with E-state index in [1.807, 2.05) is 32.3 Å². The van der Waals surface area contributed by atoms with Gasteiger partial charge in [0.25, 0.3) is 0 Å². The molecule has 2 aromatic heterocycles. The number of H-pyrrole nitrogens is 1. The van der Waals surface area contributed by atoms with Crippen LogP contribution >= 0.6 is 0 Å². The maximum absolute atomic E-state index is 15.7. The minimum Gasteiger partial charge on any atom is -0.481 e. The van der Waals surface area contributed by atoms with Gasteiger partial charge in [0.05, 0.1) is 35.2 Å². The first-order valence-electron chi connectivity index (χ1n) is 24.0. The van der Waals surface area contributed by atoms with Gasteiger partial charge in [-0.3, -0.25) is 19.4 Å². The van der Waals surface area contributed by atoms with Crippen LogP contribution in [0.5, 0.6) is 0 Å². The highest BCUT2D eigenvalue weighted by atomic mass is 16.5. The van der Waals surface area contributed by atoms with Crippen molar-refractivity contribution in [1.29, 1.82) is 0 Å². The van der Waals surface area contributed by atoms with Crippen LogP contribution in [0, 0.1) is 79.3 Å². The summed E-state index contributed by atoms with van der Waals surface area (Å²) in [5, 5.41) is 9.72. The zero-order valence-electron chi connectivity index (χ0n) is 37.8. The minimum atomic E-state index is -0.812. The number of aromatic nitrogens is 3. The zero-order chi connectivity index (χ0) is 42.4. The molecule has 1 amide bonds. The lowest BCUT2D eigenvalue weighted by atomic mass is 9.32. The molecule has 3 unspecified atom stereocenters. The average Bonchev–Trinajstić information content (AvgIpc) is 3.59. The Morgan fingerprint density at radius 3 is 2.27 bits per heavy atom. The Morgan fingerprint density at radius 1 is 0.783 bits per heavy atom. The topological polar surface area (TPSA) is 125 Å². The summed E-state index contributed by atoms with van der Waals surface area (Å²) in [6.45, 7) is 19.9. The van der Waals surface area contributed by atoms with Crippen molar-refractivity contribution in [1.82, 2.24) is 19.9 Å². The van der Waals surface area contributed by atoms with E-state index >= 15 is 4.79 Å². The number of nitrogens with one attached hydrogen (secondary N) is 1. The van der Waals surface area contributed by atoms with E-state index in [1.165, 1.54) is 38.5 Å². The van der Waals surface area contributed by atoms with Crippen LogP contribution in [0.1, 0.15) is 164 Å². The number of amides is 1. The second-order valence-corrected chi connectivity index (χ2v) is 24.0. The molecule has 1 aliphatic heterocycles. The van der Waals surface area contributed by atoms with E-state index in [0.717, 1.165) is 75.0 Å². The minimum absolute atomic E-state index is 0.00933. The zero-order valence-corrected chi connectivity index (χ0v) is 37.8. The molecule has 3 heterocycles. The first kappa shape index (κ1) is 40.8. The van der Waals surface area contributed by atoms with Gasteiger partial charge in [-0.05, 0) is 165 Å². The second-order valence-electron chi connectivity index (χ2n) is 24.0. The van der Waals surface area contributed by atoms with Gasteiger partial charge in [0, 0.05) is 29.9 Å². The predicted octanol–water partition coefficient (Wildman–Crippen LogP) is 10.7. The number of pyridine rings is 1. The van der Waals surface area contributed by atoms with Gasteiger partial charge in [0.2, 0.25) is 5.91 Å². The number of carbonyl (C=O) groups excluding carboxylic acids is 2. The van der Waals surface area contributed by atoms with Crippen LogP contribution in [0.2, 0.25) is 0 Å². The summed E-state index contributed by atoms with van der Waals surface area (Å²) < 4.78 is 6.49. The second kappa shape index (κ2) is 13.4.